The molecule has 3 aromatic carbocycles. The number of hydrogen-bond donors (Lipinski definition) is 2. The van der Waals surface area contributed by atoms with Crippen molar-refractivity contribution in [1.82, 2.24) is 20.2 Å². The van der Waals surface area contributed by atoms with Gasteiger partial charge in [-0.25, -0.2) is 22.6 Å². The first-order valence-corrected chi connectivity index (χ1v) is 16.7. The molecule has 1 aliphatic heterocycles. The van der Waals surface area contributed by atoms with Crippen molar-refractivity contribution in [3.63, 3.8) is 0 Å². The van der Waals surface area contributed by atoms with Crippen LogP contribution in [-0.2, 0) is 25.8 Å². The fourth-order valence-corrected chi connectivity index (χ4v) is 5.53. The van der Waals surface area contributed by atoms with Gasteiger partial charge in [0, 0.05) is 53.6 Å². The molecule has 10 nitrogen and oxygen atoms in total. The molecule has 2 heterocycles. The fraction of sp³-hybridized carbons (Fsp3) is 0.312. The van der Waals surface area contributed by atoms with E-state index in [2.05, 4.69) is 15.0 Å². The van der Waals surface area contributed by atoms with Crippen molar-refractivity contribution >= 4 is 21.6 Å². The van der Waals surface area contributed by atoms with Crippen molar-refractivity contribution in [3.8, 4) is 16.9 Å². The Kier molecular flexibility index (Phi) is 9.93. The maximum absolute atomic E-state index is 14.1. The van der Waals surface area contributed by atoms with Crippen LogP contribution in [0.3, 0.4) is 0 Å². The van der Waals surface area contributed by atoms with E-state index in [0.717, 1.165) is 34.5 Å². The van der Waals surface area contributed by atoms with Gasteiger partial charge in [0.05, 0.1) is 30.6 Å². The lowest BCUT2D eigenvalue weighted by Crippen LogP contribution is -2.42. The predicted molar refractivity (Wildman–Crippen MR) is 169 cm³/mol. The van der Waals surface area contributed by atoms with Crippen molar-refractivity contribution in [2.45, 2.75) is 25.6 Å². The second kappa shape index (κ2) is 13.9. The molecule has 1 aliphatic rings. The largest absolute Gasteiger partial charge is 0.383 e. The van der Waals surface area contributed by atoms with Crippen molar-refractivity contribution in [2.24, 2.45) is 4.36 Å². The Morgan fingerprint density at radius 2 is 1.87 bits per heavy atom. The smallest absolute Gasteiger partial charge is 0.320 e. The highest BCUT2D eigenvalue weighted by Gasteiger charge is 2.37. The lowest BCUT2D eigenvalue weighted by atomic mass is 10.0. The molecular weight excluding hydrogens is 602 g/mol. The molecule has 0 bridgehead atoms. The number of aromatic nitrogens is 2. The van der Waals surface area contributed by atoms with E-state index in [1.54, 1.807) is 29.4 Å². The quantitative estimate of drug-likeness (QED) is 0.238. The van der Waals surface area contributed by atoms with Crippen LogP contribution in [0.4, 0.5) is 19.4 Å². The summed E-state index contributed by atoms with van der Waals surface area (Å²) in [6.45, 7) is 3.26. The molecule has 0 spiro atoms. The number of amides is 2. The molecule has 2 N–H and O–H groups in total. The minimum absolute atomic E-state index is 0.294. The number of nitrogens with one attached hydrogen (secondary N) is 2. The fourth-order valence-electron chi connectivity index (χ4n) is 5.07. The van der Waals surface area contributed by atoms with Crippen LogP contribution in [0.1, 0.15) is 22.8 Å². The van der Waals surface area contributed by atoms with E-state index < -0.39 is 39.5 Å². The molecule has 45 heavy (non-hydrogen) atoms. The van der Waals surface area contributed by atoms with E-state index in [4.69, 9.17) is 14.7 Å². The monoisotopic (exact) mass is 638 g/mol. The Morgan fingerprint density at radius 1 is 1.09 bits per heavy atom. The zero-order valence-electron chi connectivity index (χ0n) is 25.5. The molecule has 0 aliphatic carbocycles. The third-order valence-corrected chi connectivity index (χ3v) is 8.03. The standard InChI is InChI=1S/C32H36F2N6O4S/c1-21-29(23-10-8-9-22(17-23)19-35-45(3,4)42)38-40(25-11-6-5-7-12-25)31(21)37-32(41)36-28-20-39(15-16-43-2)44-30(28)24-13-14-26(33)27(34)18-24/h5-14,17-18,28,30H,15-16,19-20H2,1-4H3,(H2,36,37,41)/t28-,30+/m1/s1. The van der Waals surface area contributed by atoms with E-state index in [9.17, 15) is 17.8 Å². The molecule has 1 saturated heterocycles. The molecule has 4 aromatic rings. The van der Waals surface area contributed by atoms with E-state index in [1.807, 2.05) is 61.5 Å². The van der Waals surface area contributed by atoms with Gasteiger partial charge in [0.15, 0.2) is 11.6 Å². The summed E-state index contributed by atoms with van der Waals surface area (Å²) in [6, 6.07) is 19.5. The van der Waals surface area contributed by atoms with Gasteiger partial charge in [-0.15, -0.1) is 0 Å². The second-order valence-electron chi connectivity index (χ2n) is 11.0. The molecule has 0 radical (unpaired) electrons. The number of urea groups is 1. The minimum atomic E-state index is -2.26. The summed E-state index contributed by atoms with van der Waals surface area (Å²) in [4.78, 5) is 19.6. The van der Waals surface area contributed by atoms with Gasteiger partial charge < -0.3 is 10.1 Å². The maximum atomic E-state index is 14.1. The van der Waals surface area contributed by atoms with Gasteiger partial charge in [0.25, 0.3) is 0 Å². The number of hydroxylamine groups is 2. The van der Waals surface area contributed by atoms with Crippen LogP contribution >= 0.6 is 0 Å². The Labute approximate surface area is 261 Å². The van der Waals surface area contributed by atoms with Crippen molar-refractivity contribution < 1.29 is 27.4 Å². The number of carbonyl (C=O) groups is 1. The number of carbonyl (C=O) groups excluding carboxylic acids is 1. The molecule has 0 unspecified atom stereocenters. The van der Waals surface area contributed by atoms with Crippen LogP contribution in [0.5, 0.6) is 0 Å². The highest BCUT2D eigenvalue weighted by atomic mass is 32.2. The average molecular weight is 639 g/mol. The van der Waals surface area contributed by atoms with E-state index in [1.165, 1.54) is 6.07 Å². The molecule has 5 rings (SSSR count). The Balaban J connectivity index is 1.44. The summed E-state index contributed by atoms with van der Waals surface area (Å²) in [5.74, 6) is -1.51. The normalized spacial score (nSPS) is 16.9. The summed E-state index contributed by atoms with van der Waals surface area (Å²) in [5.41, 5.74) is 4.19. The molecule has 0 saturated carbocycles. The van der Waals surface area contributed by atoms with Crippen LogP contribution < -0.4 is 10.6 Å². The minimum Gasteiger partial charge on any atom is -0.383 e. The first-order valence-electron chi connectivity index (χ1n) is 14.3. The number of rotatable bonds is 10. The number of halogens is 2. The van der Waals surface area contributed by atoms with E-state index >= 15 is 0 Å². The Morgan fingerprint density at radius 3 is 2.58 bits per heavy atom. The van der Waals surface area contributed by atoms with Crippen LogP contribution in [0.25, 0.3) is 16.9 Å². The Hall–Kier alpha value is -4.17. The Bertz CT molecular complexity index is 1780. The molecular formula is C32H36F2N6O4S. The van der Waals surface area contributed by atoms with Gasteiger partial charge in [-0.05, 0) is 48.4 Å². The van der Waals surface area contributed by atoms with Crippen LogP contribution in [0.2, 0.25) is 0 Å². The van der Waals surface area contributed by atoms with Crippen LogP contribution in [0.15, 0.2) is 77.2 Å². The van der Waals surface area contributed by atoms with Gasteiger partial charge in [-0.1, -0.05) is 42.5 Å². The lowest BCUT2D eigenvalue weighted by Gasteiger charge is -2.20. The number of para-hydroxylation sites is 1. The number of anilines is 1. The number of hydrogen-bond acceptors (Lipinski definition) is 7. The van der Waals surface area contributed by atoms with Gasteiger partial charge in [0.1, 0.15) is 11.9 Å². The predicted octanol–water partition coefficient (Wildman–Crippen LogP) is 5.48. The van der Waals surface area contributed by atoms with Gasteiger partial charge in [-0.3, -0.25) is 14.4 Å². The molecule has 2 atom stereocenters. The summed E-state index contributed by atoms with van der Waals surface area (Å²) in [7, 11) is -0.689. The van der Waals surface area contributed by atoms with Crippen molar-refractivity contribution in [1.29, 1.82) is 0 Å². The summed E-state index contributed by atoms with van der Waals surface area (Å²) < 4.78 is 51.0. The first kappa shape index (κ1) is 32.2. The SMILES string of the molecule is COCCN1C[C@@H](NC(=O)Nc2c(C)c(-c3cccc(CN=S(C)(C)=O)c3)nn2-c2ccccc2)[C@H](c2ccc(F)c(F)c2)O1. The first-order chi connectivity index (χ1) is 21.5. The zero-order chi connectivity index (χ0) is 32.1. The van der Waals surface area contributed by atoms with Crippen molar-refractivity contribution in [3.05, 3.63) is 101 Å². The zero-order valence-corrected chi connectivity index (χ0v) is 26.3. The van der Waals surface area contributed by atoms with Gasteiger partial charge >= 0.3 is 6.03 Å². The molecule has 1 fully saturated rings. The maximum Gasteiger partial charge on any atom is 0.320 e. The molecule has 2 amide bonds. The van der Waals surface area contributed by atoms with Crippen LogP contribution in [0, 0.1) is 18.6 Å². The van der Waals surface area contributed by atoms with Crippen LogP contribution in [-0.4, -0.2) is 70.4 Å². The number of benzene rings is 3. The van der Waals surface area contributed by atoms with Gasteiger partial charge in [-0.2, -0.15) is 10.2 Å². The highest BCUT2D eigenvalue weighted by Crippen LogP contribution is 2.33. The van der Waals surface area contributed by atoms with E-state index in [0.29, 0.717) is 43.3 Å². The topological polar surface area (TPSA) is 110 Å². The number of nitrogens with zero attached hydrogens (tertiary/aromatic N) is 4. The average Bonchev–Trinajstić information content (AvgIpc) is 3.56. The summed E-state index contributed by atoms with van der Waals surface area (Å²) >= 11 is 0. The summed E-state index contributed by atoms with van der Waals surface area (Å²) in [5, 5.41) is 12.4. The second-order valence-corrected chi connectivity index (χ2v) is 13.6. The van der Waals surface area contributed by atoms with Gasteiger partial charge in [0.2, 0.25) is 0 Å². The summed E-state index contributed by atoms with van der Waals surface area (Å²) in [6.07, 6.45) is 2.44. The third-order valence-electron chi connectivity index (χ3n) is 7.28. The van der Waals surface area contributed by atoms with E-state index in [-0.39, 0.29) is 0 Å². The number of ether oxygens (including phenoxy) is 1. The number of methoxy groups -OCH3 is 1. The molecule has 238 valence electrons. The lowest BCUT2D eigenvalue weighted by molar-refractivity contribution is -0.154. The van der Waals surface area contributed by atoms with Crippen molar-refractivity contribution in [2.75, 3.05) is 44.6 Å². The molecule has 1 aromatic heterocycles. The third kappa shape index (κ3) is 7.92. The molecule has 13 heteroatoms. The highest BCUT2D eigenvalue weighted by molar-refractivity contribution is 7.92.